The van der Waals surface area contributed by atoms with Gasteiger partial charge in [-0.05, 0) is 47.9 Å². The molecule has 3 rings (SSSR count). The van der Waals surface area contributed by atoms with Crippen LogP contribution in [-0.2, 0) is 24.1 Å². The second-order valence-electron chi connectivity index (χ2n) is 7.07. The molecule has 0 radical (unpaired) electrons. The number of benzene rings is 2. The summed E-state index contributed by atoms with van der Waals surface area (Å²) >= 11 is 0. The van der Waals surface area contributed by atoms with Crippen LogP contribution in [0.15, 0.2) is 42.5 Å². The molecule has 0 fully saturated rings. The Morgan fingerprint density at radius 2 is 1.85 bits per heavy atom. The Morgan fingerprint density at radius 3 is 2.52 bits per heavy atom. The molecular formula is C24H28N2O. The molecule has 0 aromatic heterocycles. The fourth-order valence-electron chi connectivity index (χ4n) is 4.07. The largest absolute Gasteiger partial charge is 0.324 e. The number of hydrogen-bond donors (Lipinski definition) is 1. The zero-order valence-electron chi connectivity index (χ0n) is 16.3. The highest BCUT2D eigenvalue weighted by molar-refractivity contribution is 5.94. The summed E-state index contributed by atoms with van der Waals surface area (Å²) < 4.78 is 0. The van der Waals surface area contributed by atoms with E-state index >= 15 is 0 Å². The number of amides is 1. The fourth-order valence-corrected chi connectivity index (χ4v) is 4.07. The van der Waals surface area contributed by atoms with Crippen LogP contribution in [0.1, 0.15) is 48.6 Å². The minimum atomic E-state index is 0.00484. The molecule has 0 heterocycles. The smallest absolute Gasteiger partial charge is 0.238 e. The predicted molar refractivity (Wildman–Crippen MR) is 112 cm³/mol. The molecule has 0 saturated carbocycles. The first kappa shape index (κ1) is 19.2. The molecule has 3 heteroatoms. The van der Waals surface area contributed by atoms with Crippen molar-refractivity contribution in [1.82, 2.24) is 4.90 Å². The van der Waals surface area contributed by atoms with Crippen molar-refractivity contribution in [2.45, 2.75) is 45.6 Å². The lowest BCUT2D eigenvalue weighted by molar-refractivity contribution is -0.117. The first-order chi connectivity index (χ1) is 13.2. The van der Waals surface area contributed by atoms with Gasteiger partial charge in [0.15, 0.2) is 0 Å². The Kier molecular flexibility index (Phi) is 6.32. The summed E-state index contributed by atoms with van der Waals surface area (Å²) in [7, 11) is 0. The number of nitrogens with one attached hydrogen (secondary N) is 1. The monoisotopic (exact) mass is 360 g/mol. The van der Waals surface area contributed by atoms with E-state index in [-0.39, 0.29) is 11.9 Å². The predicted octanol–water partition coefficient (Wildman–Crippen LogP) is 4.37. The Hall–Kier alpha value is -2.57. The average Bonchev–Trinajstić information content (AvgIpc) is 3.12. The number of carbonyl (C=O) groups is 1. The Labute approximate surface area is 162 Å². The number of para-hydroxylation sites is 1. The van der Waals surface area contributed by atoms with Crippen LogP contribution in [0.25, 0.3) is 0 Å². The topological polar surface area (TPSA) is 32.3 Å². The van der Waals surface area contributed by atoms with Crippen molar-refractivity contribution >= 4 is 11.6 Å². The highest BCUT2D eigenvalue weighted by atomic mass is 16.2. The SMILES string of the molecule is C#CCN(CC(=O)Nc1c(CC)cccc1CC)C1CCc2ccccc21. The van der Waals surface area contributed by atoms with Crippen molar-refractivity contribution in [3.63, 3.8) is 0 Å². The van der Waals surface area contributed by atoms with Crippen molar-refractivity contribution in [3.05, 3.63) is 64.7 Å². The third-order valence-electron chi connectivity index (χ3n) is 5.45. The van der Waals surface area contributed by atoms with Crippen molar-refractivity contribution in [2.24, 2.45) is 0 Å². The molecule has 0 spiro atoms. The summed E-state index contributed by atoms with van der Waals surface area (Å²) in [4.78, 5) is 15.0. The molecule has 2 aromatic carbocycles. The number of nitrogens with zero attached hydrogens (tertiary/aromatic N) is 1. The van der Waals surface area contributed by atoms with Gasteiger partial charge in [0.25, 0.3) is 0 Å². The van der Waals surface area contributed by atoms with Crippen LogP contribution in [0.2, 0.25) is 0 Å². The van der Waals surface area contributed by atoms with Crippen LogP contribution in [0.3, 0.4) is 0 Å². The van der Waals surface area contributed by atoms with Crippen molar-refractivity contribution in [3.8, 4) is 12.3 Å². The molecule has 1 aliphatic carbocycles. The molecule has 0 aliphatic heterocycles. The molecule has 0 bridgehead atoms. The normalized spacial score (nSPS) is 15.4. The highest BCUT2D eigenvalue weighted by Crippen LogP contribution is 2.35. The summed E-state index contributed by atoms with van der Waals surface area (Å²) in [6.45, 7) is 5.02. The highest BCUT2D eigenvalue weighted by Gasteiger charge is 2.28. The van der Waals surface area contributed by atoms with E-state index in [1.54, 1.807) is 0 Å². The van der Waals surface area contributed by atoms with E-state index in [2.05, 4.69) is 72.4 Å². The number of fused-ring (bicyclic) bond motifs is 1. The molecule has 1 unspecified atom stereocenters. The van der Waals surface area contributed by atoms with Crippen LogP contribution in [-0.4, -0.2) is 23.9 Å². The van der Waals surface area contributed by atoms with Crippen LogP contribution in [0.5, 0.6) is 0 Å². The number of aryl methyl sites for hydroxylation is 3. The third-order valence-corrected chi connectivity index (χ3v) is 5.45. The number of carbonyl (C=O) groups excluding carboxylic acids is 1. The maximum Gasteiger partial charge on any atom is 0.238 e. The molecule has 140 valence electrons. The molecule has 1 amide bonds. The van der Waals surface area contributed by atoms with E-state index in [9.17, 15) is 4.79 Å². The van der Waals surface area contributed by atoms with Gasteiger partial charge < -0.3 is 5.32 Å². The van der Waals surface area contributed by atoms with Gasteiger partial charge in [-0.3, -0.25) is 9.69 Å². The van der Waals surface area contributed by atoms with Gasteiger partial charge in [-0.2, -0.15) is 0 Å². The van der Waals surface area contributed by atoms with Crippen LogP contribution in [0, 0.1) is 12.3 Å². The molecule has 1 aliphatic rings. The van der Waals surface area contributed by atoms with Crippen molar-refractivity contribution in [2.75, 3.05) is 18.4 Å². The Bertz CT molecular complexity index is 827. The quantitative estimate of drug-likeness (QED) is 0.744. The lowest BCUT2D eigenvalue weighted by Gasteiger charge is -2.27. The van der Waals surface area contributed by atoms with Gasteiger partial charge >= 0.3 is 0 Å². The van der Waals surface area contributed by atoms with Crippen LogP contribution >= 0.6 is 0 Å². The van der Waals surface area contributed by atoms with Crippen molar-refractivity contribution < 1.29 is 4.79 Å². The van der Waals surface area contributed by atoms with Gasteiger partial charge in [-0.1, -0.05) is 62.2 Å². The molecule has 2 aromatic rings. The van der Waals surface area contributed by atoms with E-state index < -0.39 is 0 Å². The summed E-state index contributed by atoms with van der Waals surface area (Å²) in [5.74, 6) is 2.74. The Balaban J connectivity index is 1.77. The standard InChI is InChI=1S/C24H28N2O/c1-4-16-26(22-15-14-20-10-7-8-13-21(20)22)17-23(27)25-24-18(5-2)11-9-12-19(24)6-3/h1,7-13,22H,5-6,14-17H2,2-3H3,(H,25,27). The molecule has 1 N–H and O–H groups in total. The number of rotatable bonds is 7. The van der Waals surface area contributed by atoms with Gasteiger partial charge in [0.2, 0.25) is 5.91 Å². The lowest BCUT2D eigenvalue weighted by Crippen LogP contribution is -2.36. The Morgan fingerprint density at radius 1 is 1.15 bits per heavy atom. The molecule has 3 nitrogen and oxygen atoms in total. The van der Waals surface area contributed by atoms with Crippen LogP contribution in [0.4, 0.5) is 5.69 Å². The second-order valence-corrected chi connectivity index (χ2v) is 7.07. The zero-order valence-corrected chi connectivity index (χ0v) is 16.3. The minimum absolute atomic E-state index is 0.00484. The van der Waals surface area contributed by atoms with Gasteiger partial charge in [-0.15, -0.1) is 6.42 Å². The third kappa shape index (κ3) is 4.23. The number of hydrogen-bond acceptors (Lipinski definition) is 2. The van der Waals surface area contributed by atoms with Gasteiger partial charge in [0.1, 0.15) is 0 Å². The summed E-state index contributed by atoms with van der Waals surface area (Å²) in [6.07, 6.45) is 9.46. The van der Waals surface area contributed by atoms with E-state index in [1.807, 2.05) is 0 Å². The van der Waals surface area contributed by atoms with E-state index in [0.717, 1.165) is 31.4 Å². The van der Waals surface area contributed by atoms with Crippen molar-refractivity contribution in [1.29, 1.82) is 0 Å². The first-order valence-electron chi connectivity index (χ1n) is 9.83. The summed E-state index contributed by atoms with van der Waals surface area (Å²) in [5.41, 5.74) is 6.01. The summed E-state index contributed by atoms with van der Waals surface area (Å²) in [6, 6.07) is 14.9. The maximum atomic E-state index is 12.9. The molecule has 1 atom stereocenters. The second kappa shape index (κ2) is 8.88. The van der Waals surface area contributed by atoms with E-state index in [0.29, 0.717) is 13.1 Å². The van der Waals surface area contributed by atoms with Gasteiger partial charge in [-0.25, -0.2) is 0 Å². The van der Waals surface area contributed by atoms with Gasteiger partial charge in [0.05, 0.1) is 13.1 Å². The summed E-state index contributed by atoms with van der Waals surface area (Å²) in [5, 5.41) is 3.17. The average molecular weight is 361 g/mol. The lowest BCUT2D eigenvalue weighted by atomic mass is 10.0. The van der Waals surface area contributed by atoms with Crippen LogP contribution < -0.4 is 5.32 Å². The number of terminal acetylenes is 1. The maximum absolute atomic E-state index is 12.9. The van der Waals surface area contributed by atoms with Gasteiger partial charge in [0, 0.05) is 11.7 Å². The molecule has 27 heavy (non-hydrogen) atoms. The number of anilines is 1. The molecule has 0 saturated heterocycles. The fraction of sp³-hybridized carbons (Fsp3) is 0.375. The van der Waals surface area contributed by atoms with E-state index in [1.165, 1.54) is 22.3 Å². The van der Waals surface area contributed by atoms with E-state index in [4.69, 9.17) is 6.42 Å². The minimum Gasteiger partial charge on any atom is -0.324 e. The zero-order chi connectivity index (χ0) is 19.2. The molecular weight excluding hydrogens is 332 g/mol. The first-order valence-corrected chi connectivity index (χ1v) is 9.83.